The fourth-order valence-electron chi connectivity index (χ4n) is 1.60. The Kier molecular flexibility index (Phi) is 4.55. The molecule has 0 saturated carbocycles. The first-order valence-corrected chi connectivity index (χ1v) is 7.44. The number of thiophene rings is 1. The molecule has 2 rings (SSSR count). The lowest BCUT2D eigenvalue weighted by Gasteiger charge is -2.09. The second kappa shape index (κ2) is 6.16. The number of nitrogens with one attached hydrogen (secondary N) is 1. The molecule has 4 nitrogen and oxygen atoms in total. The summed E-state index contributed by atoms with van der Waals surface area (Å²) in [7, 11) is 0. The van der Waals surface area contributed by atoms with Crippen LogP contribution in [0.5, 0.6) is 0 Å². The van der Waals surface area contributed by atoms with Crippen molar-refractivity contribution in [3.8, 4) is 0 Å². The fraction of sp³-hybridized carbons (Fsp3) is 0.231. The van der Waals surface area contributed by atoms with Crippen LogP contribution in [-0.2, 0) is 13.1 Å². The van der Waals surface area contributed by atoms with Gasteiger partial charge in [0.1, 0.15) is 4.47 Å². The van der Waals surface area contributed by atoms with Gasteiger partial charge in [0.2, 0.25) is 0 Å². The third-order valence-corrected chi connectivity index (χ3v) is 4.48. The molecule has 0 spiro atoms. The predicted octanol–water partition coefficient (Wildman–Crippen LogP) is 3.17. The number of halogens is 1. The highest BCUT2D eigenvalue weighted by atomic mass is 79.9. The molecule has 1 N–H and O–H groups in total. The van der Waals surface area contributed by atoms with Crippen molar-refractivity contribution in [1.29, 1.82) is 0 Å². The SMILES string of the molecule is C=CCn1ncc(NCc2sccc2C)c(Br)c1=O. The number of rotatable bonds is 5. The van der Waals surface area contributed by atoms with Crippen LogP contribution in [0.25, 0.3) is 0 Å². The second-order valence-corrected chi connectivity index (χ2v) is 5.82. The van der Waals surface area contributed by atoms with E-state index in [4.69, 9.17) is 0 Å². The highest BCUT2D eigenvalue weighted by Crippen LogP contribution is 2.20. The Morgan fingerprint density at radius 3 is 3.05 bits per heavy atom. The van der Waals surface area contributed by atoms with Gasteiger partial charge in [0.25, 0.3) is 5.56 Å². The lowest BCUT2D eigenvalue weighted by atomic mass is 10.3. The van der Waals surface area contributed by atoms with Crippen LogP contribution in [0.2, 0.25) is 0 Å². The Morgan fingerprint density at radius 1 is 1.63 bits per heavy atom. The average Bonchev–Trinajstić information content (AvgIpc) is 2.80. The number of hydrogen-bond donors (Lipinski definition) is 1. The van der Waals surface area contributed by atoms with E-state index in [1.54, 1.807) is 23.6 Å². The summed E-state index contributed by atoms with van der Waals surface area (Å²) in [5, 5.41) is 9.38. The molecule has 2 heterocycles. The third-order valence-electron chi connectivity index (χ3n) is 2.69. The summed E-state index contributed by atoms with van der Waals surface area (Å²) in [5.41, 5.74) is 1.80. The molecule has 19 heavy (non-hydrogen) atoms. The molecule has 2 aromatic rings. The quantitative estimate of drug-likeness (QED) is 0.851. The number of aromatic nitrogens is 2. The maximum Gasteiger partial charge on any atom is 0.283 e. The molecule has 0 radical (unpaired) electrons. The summed E-state index contributed by atoms with van der Waals surface area (Å²) in [6.07, 6.45) is 3.29. The van der Waals surface area contributed by atoms with E-state index in [0.29, 0.717) is 23.2 Å². The van der Waals surface area contributed by atoms with Crippen molar-refractivity contribution in [1.82, 2.24) is 9.78 Å². The second-order valence-electron chi connectivity index (χ2n) is 4.03. The van der Waals surface area contributed by atoms with Crippen molar-refractivity contribution in [2.75, 3.05) is 5.32 Å². The van der Waals surface area contributed by atoms with Crippen molar-refractivity contribution in [2.45, 2.75) is 20.0 Å². The molecule has 0 saturated heterocycles. The number of anilines is 1. The van der Waals surface area contributed by atoms with Gasteiger partial charge in [-0.2, -0.15) is 5.10 Å². The molecule has 2 aromatic heterocycles. The lowest BCUT2D eigenvalue weighted by molar-refractivity contribution is 0.649. The first-order valence-electron chi connectivity index (χ1n) is 5.77. The molecular formula is C13H14BrN3OS. The van der Waals surface area contributed by atoms with Crippen LogP contribution < -0.4 is 10.9 Å². The van der Waals surface area contributed by atoms with Crippen LogP contribution in [0.4, 0.5) is 5.69 Å². The topological polar surface area (TPSA) is 46.9 Å². The molecule has 0 aliphatic carbocycles. The van der Waals surface area contributed by atoms with Crippen LogP contribution in [0, 0.1) is 6.92 Å². The Hall–Kier alpha value is -1.40. The Morgan fingerprint density at radius 2 is 2.42 bits per heavy atom. The van der Waals surface area contributed by atoms with Gasteiger partial charge in [-0.3, -0.25) is 4.79 Å². The van der Waals surface area contributed by atoms with Gasteiger partial charge >= 0.3 is 0 Å². The highest BCUT2D eigenvalue weighted by molar-refractivity contribution is 9.10. The number of allylic oxidation sites excluding steroid dienone is 1. The fourth-order valence-corrected chi connectivity index (χ4v) is 2.89. The first kappa shape index (κ1) is 14.0. The van der Waals surface area contributed by atoms with Crippen molar-refractivity contribution in [2.24, 2.45) is 0 Å². The predicted molar refractivity (Wildman–Crippen MR) is 82.8 cm³/mol. The molecule has 6 heteroatoms. The van der Waals surface area contributed by atoms with Crippen LogP contribution in [0.1, 0.15) is 10.4 Å². The van der Waals surface area contributed by atoms with Gasteiger partial charge in [0, 0.05) is 11.4 Å². The Balaban J connectivity index is 2.18. The summed E-state index contributed by atoms with van der Waals surface area (Å²) < 4.78 is 1.86. The Bertz CT molecular complexity index is 648. The molecule has 0 bridgehead atoms. The number of hydrogen-bond acceptors (Lipinski definition) is 4. The lowest BCUT2D eigenvalue weighted by Crippen LogP contribution is -2.23. The minimum Gasteiger partial charge on any atom is -0.378 e. The van der Waals surface area contributed by atoms with E-state index in [1.165, 1.54) is 15.1 Å². The summed E-state index contributed by atoms with van der Waals surface area (Å²) in [5.74, 6) is 0. The van der Waals surface area contributed by atoms with Crippen molar-refractivity contribution in [3.63, 3.8) is 0 Å². The van der Waals surface area contributed by atoms with E-state index in [1.807, 2.05) is 0 Å². The van der Waals surface area contributed by atoms with Crippen LogP contribution >= 0.6 is 27.3 Å². The van der Waals surface area contributed by atoms with Crippen molar-refractivity contribution in [3.05, 3.63) is 55.6 Å². The van der Waals surface area contributed by atoms with Gasteiger partial charge in [-0.15, -0.1) is 17.9 Å². The summed E-state index contributed by atoms with van der Waals surface area (Å²) in [6, 6.07) is 2.08. The first-order chi connectivity index (χ1) is 9.13. The van der Waals surface area contributed by atoms with Crippen LogP contribution in [0.3, 0.4) is 0 Å². The smallest absolute Gasteiger partial charge is 0.283 e. The highest BCUT2D eigenvalue weighted by Gasteiger charge is 2.08. The summed E-state index contributed by atoms with van der Waals surface area (Å²) in [6.45, 7) is 6.77. The molecule has 100 valence electrons. The minimum absolute atomic E-state index is 0.159. The zero-order valence-electron chi connectivity index (χ0n) is 10.5. The van der Waals surface area contributed by atoms with Gasteiger partial charge < -0.3 is 5.32 Å². The maximum atomic E-state index is 12.0. The standard InChI is InChI=1S/C13H14BrN3OS/c1-3-5-17-13(18)12(14)10(7-16-17)15-8-11-9(2)4-6-19-11/h3-4,6-7,15H,1,5,8H2,2H3. The minimum atomic E-state index is -0.159. The van der Waals surface area contributed by atoms with Gasteiger partial charge in [0.15, 0.2) is 0 Å². The molecule has 0 unspecified atom stereocenters. The molecule has 0 atom stereocenters. The molecule has 0 aliphatic rings. The summed E-state index contributed by atoms with van der Waals surface area (Å²) in [4.78, 5) is 13.2. The third kappa shape index (κ3) is 3.13. The van der Waals surface area contributed by atoms with Crippen molar-refractivity contribution < 1.29 is 0 Å². The summed E-state index contributed by atoms with van der Waals surface area (Å²) >= 11 is 5.01. The monoisotopic (exact) mass is 339 g/mol. The average molecular weight is 340 g/mol. The molecule has 0 aliphatic heterocycles. The van der Waals surface area contributed by atoms with E-state index in [2.05, 4.69) is 51.3 Å². The van der Waals surface area contributed by atoms with E-state index in [0.717, 1.165) is 0 Å². The molecule has 0 fully saturated rings. The Labute approximate surface area is 123 Å². The van der Waals surface area contributed by atoms with Crippen molar-refractivity contribution >= 4 is 33.0 Å². The maximum absolute atomic E-state index is 12.0. The van der Waals surface area contributed by atoms with Gasteiger partial charge in [-0.25, -0.2) is 4.68 Å². The zero-order valence-corrected chi connectivity index (χ0v) is 12.9. The van der Waals surface area contributed by atoms with E-state index >= 15 is 0 Å². The largest absolute Gasteiger partial charge is 0.378 e. The molecular weight excluding hydrogens is 326 g/mol. The number of aryl methyl sites for hydroxylation is 1. The zero-order chi connectivity index (χ0) is 13.8. The van der Waals surface area contributed by atoms with Gasteiger partial charge in [-0.1, -0.05) is 6.08 Å². The van der Waals surface area contributed by atoms with Gasteiger partial charge in [0.05, 0.1) is 18.4 Å². The molecule has 0 amide bonds. The van der Waals surface area contributed by atoms with Gasteiger partial charge in [-0.05, 0) is 39.9 Å². The van der Waals surface area contributed by atoms with E-state index in [9.17, 15) is 4.79 Å². The van der Waals surface area contributed by atoms with Crippen LogP contribution in [-0.4, -0.2) is 9.78 Å². The molecule has 0 aromatic carbocycles. The number of nitrogens with zero attached hydrogens (tertiary/aromatic N) is 2. The normalized spacial score (nSPS) is 10.4. The van der Waals surface area contributed by atoms with E-state index in [-0.39, 0.29) is 5.56 Å². The van der Waals surface area contributed by atoms with E-state index < -0.39 is 0 Å². The van der Waals surface area contributed by atoms with Crippen LogP contribution in [0.15, 0.2) is 39.6 Å².